The van der Waals surface area contributed by atoms with Gasteiger partial charge < -0.3 is 14.8 Å². The van der Waals surface area contributed by atoms with E-state index in [0.717, 1.165) is 6.42 Å². The Hall–Kier alpha value is -2.11. The molecule has 2 unspecified atom stereocenters. The maximum atomic E-state index is 12.4. The van der Waals surface area contributed by atoms with E-state index in [1.165, 1.54) is 6.07 Å². The number of rotatable bonds is 5. The number of hydrogen-bond acceptors (Lipinski definition) is 3. The summed E-state index contributed by atoms with van der Waals surface area (Å²) >= 11 is 0. The van der Waals surface area contributed by atoms with E-state index in [9.17, 15) is 14.4 Å². The first-order valence-electron chi connectivity index (χ1n) is 7.31. The van der Waals surface area contributed by atoms with Crippen LogP contribution in [0.4, 0.5) is 0 Å². The van der Waals surface area contributed by atoms with Crippen molar-refractivity contribution in [1.29, 1.82) is 0 Å². The summed E-state index contributed by atoms with van der Waals surface area (Å²) in [5.41, 5.74) is -0.107. The molecule has 114 valence electrons. The number of aromatic nitrogens is 1. The summed E-state index contributed by atoms with van der Waals surface area (Å²) in [6.07, 6.45) is 3.15. The van der Waals surface area contributed by atoms with Gasteiger partial charge in [0.1, 0.15) is 12.1 Å². The van der Waals surface area contributed by atoms with Crippen LogP contribution in [-0.4, -0.2) is 39.9 Å². The third kappa shape index (κ3) is 3.32. The van der Waals surface area contributed by atoms with Crippen molar-refractivity contribution < 1.29 is 9.59 Å². The average molecular weight is 291 g/mol. The molecule has 1 aliphatic heterocycles. The zero-order valence-electron chi connectivity index (χ0n) is 12.4. The highest BCUT2D eigenvalue weighted by Gasteiger charge is 2.37. The van der Waals surface area contributed by atoms with Crippen molar-refractivity contribution in [2.75, 3.05) is 6.54 Å². The van der Waals surface area contributed by atoms with Gasteiger partial charge in [0.2, 0.25) is 11.8 Å². The minimum atomic E-state index is -0.495. The summed E-state index contributed by atoms with van der Waals surface area (Å²) < 4.78 is 1.54. The summed E-state index contributed by atoms with van der Waals surface area (Å²) in [5, 5.41) is 2.76. The maximum absolute atomic E-state index is 12.4. The lowest BCUT2D eigenvalue weighted by Gasteiger charge is -2.37. The van der Waals surface area contributed by atoms with Gasteiger partial charge in [0, 0.05) is 25.4 Å². The number of hydrogen-bond donors (Lipinski definition) is 1. The van der Waals surface area contributed by atoms with Crippen LogP contribution in [0.15, 0.2) is 29.2 Å². The molecule has 1 aromatic rings. The average Bonchev–Trinajstić information content (AvgIpc) is 2.46. The topological polar surface area (TPSA) is 71.4 Å². The highest BCUT2D eigenvalue weighted by molar-refractivity contribution is 5.96. The molecule has 6 heteroatoms. The number of nitrogens with zero attached hydrogens (tertiary/aromatic N) is 2. The van der Waals surface area contributed by atoms with Gasteiger partial charge in [-0.3, -0.25) is 14.4 Å². The molecule has 0 saturated carbocycles. The molecule has 0 radical (unpaired) electrons. The van der Waals surface area contributed by atoms with Crippen molar-refractivity contribution in [2.45, 2.75) is 45.3 Å². The molecule has 6 nitrogen and oxygen atoms in total. The van der Waals surface area contributed by atoms with Crippen molar-refractivity contribution in [3.05, 3.63) is 34.7 Å². The van der Waals surface area contributed by atoms with E-state index in [1.54, 1.807) is 34.7 Å². The molecule has 1 N–H and O–H groups in total. The Labute approximate surface area is 123 Å². The molecular weight excluding hydrogens is 270 g/mol. The SMILES string of the molecule is CCCC1NC(=O)C(C)N(CCn2ccccc2=O)C1=O. The number of carbonyl (C=O) groups excluding carboxylic acids is 2. The molecule has 2 heterocycles. The Morgan fingerprint density at radius 2 is 1.95 bits per heavy atom. The minimum absolute atomic E-state index is 0.0621. The number of piperazine rings is 1. The maximum Gasteiger partial charge on any atom is 0.250 e. The smallest absolute Gasteiger partial charge is 0.250 e. The molecular formula is C15H21N3O3. The first-order valence-corrected chi connectivity index (χ1v) is 7.31. The lowest BCUT2D eigenvalue weighted by atomic mass is 10.0. The molecule has 0 bridgehead atoms. The zero-order valence-corrected chi connectivity index (χ0v) is 12.4. The molecule has 1 saturated heterocycles. The van der Waals surface area contributed by atoms with Crippen LogP contribution in [-0.2, 0) is 16.1 Å². The molecule has 0 aromatic carbocycles. The molecule has 2 rings (SSSR count). The van der Waals surface area contributed by atoms with Crippen molar-refractivity contribution in [3.63, 3.8) is 0 Å². The Balaban J connectivity index is 2.09. The number of amides is 2. The normalized spacial score (nSPS) is 22.3. The van der Waals surface area contributed by atoms with E-state index in [0.29, 0.717) is 19.5 Å². The predicted octanol–water partition coefficient (Wildman–Crippen LogP) is 0.364. The van der Waals surface area contributed by atoms with Crippen LogP contribution in [0.1, 0.15) is 26.7 Å². The summed E-state index contributed by atoms with van der Waals surface area (Å²) in [7, 11) is 0. The monoisotopic (exact) mass is 291 g/mol. The molecule has 1 aromatic heterocycles. The van der Waals surface area contributed by atoms with Gasteiger partial charge in [0.25, 0.3) is 5.56 Å². The van der Waals surface area contributed by atoms with Crippen molar-refractivity contribution in [3.8, 4) is 0 Å². The van der Waals surface area contributed by atoms with Crippen LogP contribution in [0.5, 0.6) is 0 Å². The molecule has 2 amide bonds. The van der Waals surface area contributed by atoms with E-state index >= 15 is 0 Å². The minimum Gasteiger partial charge on any atom is -0.343 e. The van der Waals surface area contributed by atoms with E-state index in [-0.39, 0.29) is 17.4 Å². The summed E-state index contributed by atoms with van der Waals surface area (Å²) in [4.78, 5) is 37.6. The second-order valence-electron chi connectivity index (χ2n) is 5.29. The molecule has 1 fully saturated rings. The van der Waals surface area contributed by atoms with Crippen LogP contribution in [0, 0.1) is 0 Å². The third-order valence-corrected chi connectivity index (χ3v) is 3.80. The van der Waals surface area contributed by atoms with Gasteiger partial charge in [-0.25, -0.2) is 0 Å². The molecule has 2 atom stereocenters. The van der Waals surface area contributed by atoms with Crippen LogP contribution in [0.3, 0.4) is 0 Å². The molecule has 1 aliphatic rings. The van der Waals surface area contributed by atoms with E-state index in [1.807, 2.05) is 6.92 Å². The molecule has 0 spiro atoms. The Morgan fingerprint density at radius 1 is 1.19 bits per heavy atom. The fourth-order valence-corrected chi connectivity index (χ4v) is 2.54. The van der Waals surface area contributed by atoms with Gasteiger partial charge in [-0.2, -0.15) is 0 Å². The number of pyridine rings is 1. The molecule has 21 heavy (non-hydrogen) atoms. The predicted molar refractivity (Wildman–Crippen MR) is 78.7 cm³/mol. The fraction of sp³-hybridized carbons (Fsp3) is 0.533. The van der Waals surface area contributed by atoms with Gasteiger partial charge in [-0.15, -0.1) is 0 Å². The quantitative estimate of drug-likeness (QED) is 0.851. The first kappa shape index (κ1) is 15.3. The van der Waals surface area contributed by atoms with E-state index in [4.69, 9.17) is 0 Å². The molecule has 0 aliphatic carbocycles. The van der Waals surface area contributed by atoms with Gasteiger partial charge in [-0.05, 0) is 19.4 Å². The van der Waals surface area contributed by atoms with Crippen molar-refractivity contribution >= 4 is 11.8 Å². The Kier molecular flexibility index (Phi) is 4.77. The van der Waals surface area contributed by atoms with Crippen molar-refractivity contribution in [2.24, 2.45) is 0 Å². The largest absolute Gasteiger partial charge is 0.343 e. The van der Waals surface area contributed by atoms with E-state index < -0.39 is 12.1 Å². The van der Waals surface area contributed by atoms with Crippen LogP contribution >= 0.6 is 0 Å². The number of nitrogens with one attached hydrogen (secondary N) is 1. The van der Waals surface area contributed by atoms with E-state index in [2.05, 4.69) is 5.32 Å². The second kappa shape index (κ2) is 6.56. The zero-order chi connectivity index (χ0) is 15.4. The van der Waals surface area contributed by atoms with Gasteiger partial charge in [0.15, 0.2) is 0 Å². The Bertz CT molecular complexity index is 582. The fourth-order valence-electron chi connectivity index (χ4n) is 2.54. The van der Waals surface area contributed by atoms with Crippen molar-refractivity contribution in [1.82, 2.24) is 14.8 Å². The summed E-state index contributed by atoms with van der Waals surface area (Å²) in [6, 6.07) is 4.00. The Morgan fingerprint density at radius 3 is 2.62 bits per heavy atom. The lowest BCUT2D eigenvalue weighted by molar-refractivity contribution is -0.149. The van der Waals surface area contributed by atoms with Crippen LogP contribution in [0.2, 0.25) is 0 Å². The van der Waals surface area contributed by atoms with Gasteiger partial charge >= 0.3 is 0 Å². The standard InChI is InChI=1S/C15H21N3O3/c1-3-6-12-15(21)18(11(2)14(20)16-12)10-9-17-8-5-4-7-13(17)19/h4-5,7-8,11-12H,3,6,9-10H2,1-2H3,(H,16,20). The lowest BCUT2D eigenvalue weighted by Crippen LogP contribution is -2.62. The highest BCUT2D eigenvalue weighted by Crippen LogP contribution is 2.13. The van der Waals surface area contributed by atoms with Crippen LogP contribution < -0.4 is 10.9 Å². The van der Waals surface area contributed by atoms with Gasteiger partial charge in [-0.1, -0.05) is 19.4 Å². The second-order valence-corrected chi connectivity index (χ2v) is 5.29. The summed E-state index contributed by atoms with van der Waals surface area (Å²) in [6.45, 7) is 4.44. The van der Waals surface area contributed by atoms with Crippen LogP contribution in [0.25, 0.3) is 0 Å². The highest BCUT2D eigenvalue weighted by atomic mass is 16.2. The van der Waals surface area contributed by atoms with Gasteiger partial charge in [0.05, 0.1) is 0 Å². The first-order chi connectivity index (χ1) is 10.0. The summed E-state index contributed by atoms with van der Waals surface area (Å²) in [5.74, 6) is -0.193. The number of carbonyl (C=O) groups is 2. The third-order valence-electron chi connectivity index (χ3n) is 3.80.